The van der Waals surface area contributed by atoms with Gasteiger partial charge in [-0.3, -0.25) is 4.79 Å². The largest absolute Gasteiger partial charge is 0.467 e. The van der Waals surface area contributed by atoms with Crippen LogP contribution in [0.15, 0.2) is 12.7 Å². The van der Waals surface area contributed by atoms with Gasteiger partial charge in [0.15, 0.2) is 0 Å². The number of rotatable bonds is 9. The van der Waals surface area contributed by atoms with Crippen molar-refractivity contribution in [3.63, 3.8) is 0 Å². The van der Waals surface area contributed by atoms with Crippen LogP contribution in [0, 0.1) is 0 Å². The number of aliphatic hydroxyl groups excluding tert-OH is 1. The fraction of sp³-hybridized carbons (Fsp3) is 0.750. The maximum atomic E-state index is 13.1. The Morgan fingerprint density at radius 2 is 1.96 bits per heavy atom. The molecule has 2 N–H and O–H groups in total. The minimum absolute atomic E-state index is 0.0293. The lowest BCUT2D eigenvalue weighted by atomic mass is 10.1. The molecule has 0 bridgehead atoms. The molecule has 0 unspecified atom stereocenters. The summed E-state index contributed by atoms with van der Waals surface area (Å²) in [5, 5.41) is 12.6. The van der Waals surface area contributed by atoms with E-state index in [0.29, 0.717) is 6.42 Å². The Labute approximate surface area is 167 Å². The van der Waals surface area contributed by atoms with Crippen molar-refractivity contribution < 1.29 is 29.0 Å². The molecule has 0 aliphatic carbocycles. The molecule has 1 aliphatic heterocycles. The maximum Gasteiger partial charge on any atom is 0.408 e. The summed E-state index contributed by atoms with van der Waals surface area (Å²) in [5.74, 6) is -0.992. The lowest BCUT2D eigenvalue weighted by Gasteiger charge is -2.28. The molecule has 0 saturated carbocycles. The molecule has 28 heavy (non-hydrogen) atoms. The van der Waals surface area contributed by atoms with Crippen molar-refractivity contribution in [3.8, 4) is 0 Å². The number of β-amino-alcohol motifs (C(OH)–C–C–N with tert-alkyl or cyclic N) is 1. The van der Waals surface area contributed by atoms with E-state index in [-0.39, 0.29) is 13.0 Å². The Morgan fingerprint density at radius 3 is 2.54 bits per heavy atom. The minimum Gasteiger partial charge on any atom is -0.467 e. The van der Waals surface area contributed by atoms with Gasteiger partial charge in [0.25, 0.3) is 0 Å². The second kappa shape index (κ2) is 11.0. The van der Waals surface area contributed by atoms with Crippen molar-refractivity contribution in [1.29, 1.82) is 0 Å². The van der Waals surface area contributed by atoms with Crippen molar-refractivity contribution in [1.82, 2.24) is 10.2 Å². The van der Waals surface area contributed by atoms with E-state index in [4.69, 9.17) is 9.47 Å². The van der Waals surface area contributed by atoms with E-state index >= 15 is 0 Å². The second-order valence-electron chi connectivity index (χ2n) is 8.04. The highest BCUT2D eigenvalue weighted by Crippen LogP contribution is 2.22. The number of nitrogens with zero attached hydrogens (tertiary/aromatic N) is 1. The molecule has 1 saturated heterocycles. The molecule has 1 rings (SSSR count). The number of methoxy groups -OCH3 is 1. The standard InChI is InChI=1S/C20H34N2O6/c1-6-7-8-9-10-11-15(21-19(26)28-20(2,3)4)17(24)22-13-14(23)12-16(22)18(25)27-5/h6,14-16,23H,1,7-13H2,2-5H3,(H,21,26)/t14-,15+,16+/m1/s1. The van der Waals surface area contributed by atoms with Gasteiger partial charge in [-0.25, -0.2) is 9.59 Å². The summed E-state index contributed by atoms with van der Waals surface area (Å²) >= 11 is 0. The van der Waals surface area contributed by atoms with E-state index in [1.54, 1.807) is 20.8 Å². The predicted molar refractivity (Wildman–Crippen MR) is 105 cm³/mol. The maximum absolute atomic E-state index is 13.1. The minimum atomic E-state index is -0.851. The van der Waals surface area contributed by atoms with Crippen LogP contribution in [0.3, 0.4) is 0 Å². The first-order valence-corrected chi connectivity index (χ1v) is 9.75. The number of carbonyl (C=O) groups excluding carboxylic acids is 3. The highest BCUT2D eigenvalue weighted by atomic mass is 16.6. The summed E-state index contributed by atoms with van der Waals surface area (Å²) in [6, 6.07) is -1.69. The molecule has 8 heteroatoms. The van der Waals surface area contributed by atoms with E-state index in [1.807, 2.05) is 6.08 Å². The number of allylic oxidation sites excluding steroid dienone is 1. The molecule has 160 valence electrons. The van der Waals surface area contributed by atoms with Gasteiger partial charge in [-0.05, 0) is 40.0 Å². The summed E-state index contributed by atoms with van der Waals surface area (Å²) in [7, 11) is 1.24. The van der Waals surface area contributed by atoms with Crippen molar-refractivity contribution in [2.45, 2.75) is 83.1 Å². The van der Waals surface area contributed by atoms with Crippen LogP contribution in [0.4, 0.5) is 4.79 Å². The fourth-order valence-electron chi connectivity index (χ4n) is 3.14. The Balaban J connectivity index is 2.85. The smallest absolute Gasteiger partial charge is 0.408 e. The van der Waals surface area contributed by atoms with Gasteiger partial charge in [0.05, 0.1) is 13.2 Å². The summed E-state index contributed by atoms with van der Waals surface area (Å²) in [4.78, 5) is 38.5. The van der Waals surface area contributed by atoms with Crippen molar-refractivity contribution in [3.05, 3.63) is 12.7 Å². The first-order chi connectivity index (χ1) is 13.1. The van der Waals surface area contributed by atoms with Gasteiger partial charge in [0, 0.05) is 13.0 Å². The number of carbonyl (C=O) groups is 3. The summed E-state index contributed by atoms with van der Waals surface area (Å²) in [6.07, 6.45) is 4.33. The third-order valence-electron chi connectivity index (χ3n) is 4.43. The van der Waals surface area contributed by atoms with Gasteiger partial charge in [-0.2, -0.15) is 0 Å². The molecule has 0 aromatic carbocycles. The Morgan fingerprint density at radius 1 is 1.29 bits per heavy atom. The number of amides is 2. The van der Waals surface area contributed by atoms with Crippen LogP contribution in [-0.2, 0) is 19.1 Å². The van der Waals surface area contributed by atoms with E-state index in [2.05, 4.69) is 11.9 Å². The normalized spacial score (nSPS) is 20.4. The van der Waals surface area contributed by atoms with E-state index in [0.717, 1.165) is 25.7 Å². The van der Waals surface area contributed by atoms with Crippen LogP contribution in [0.1, 0.15) is 59.3 Å². The third-order valence-corrected chi connectivity index (χ3v) is 4.43. The van der Waals surface area contributed by atoms with Gasteiger partial charge in [0.1, 0.15) is 17.7 Å². The molecule has 0 aromatic rings. The number of hydrogen-bond acceptors (Lipinski definition) is 6. The van der Waals surface area contributed by atoms with E-state index < -0.39 is 41.8 Å². The first-order valence-electron chi connectivity index (χ1n) is 9.75. The average Bonchev–Trinajstić information content (AvgIpc) is 2.99. The molecule has 1 heterocycles. The number of unbranched alkanes of at least 4 members (excludes halogenated alkanes) is 3. The zero-order valence-electron chi connectivity index (χ0n) is 17.4. The van der Waals surface area contributed by atoms with Crippen LogP contribution in [0.2, 0.25) is 0 Å². The van der Waals surface area contributed by atoms with Crippen LogP contribution >= 0.6 is 0 Å². The number of esters is 1. The van der Waals surface area contributed by atoms with Gasteiger partial charge in [0.2, 0.25) is 5.91 Å². The van der Waals surface area contributed by atoms with Crippen molar-refractivity contribution in [2.24, 2.45) is 0 Å². The van der Waals surface area contributed by atoms with Crippen LogP contribution < -0.4 is 5.32 Å². The van der Waals surface area contributed by atoms with E-state index in [1.165, 1.54) is 12.0 Å². The number of aliphatic hydroxyl groups is 1. The highest BCUT2D eigenvalue weighted by molar-refractivity contribution is 5.90. The fourth-order valence-corrected chi connectivity index (χ4v) is 3.14. The SMILES string of the molecule is C=CCCCCC[C@H](NC(=O)OC(C)(C)C)C(=O)N1C[C@H](O)C[C@H]1C(=O)OC. The number of nitrogens with one attached hydrogen (secondary N) is 1. The molecule has 0 spiro atoms. The molecule has 0 radical (unpaired) electrons. The lowest BCUT2D eigenvalue weighted by molar-refractivity contribution is -0.151. The number of likely N-dealkylation sites (tertiary alicyclic amines) is 1. The molecule has 1 aliphatic rings. The zero-order valence-corrected chi connectivity index (χ0v) is 17.4. The number of hydrogen-bond donors (Lipinski definition) is 2. The summed E-state index contributed by atoms with van der Waals surface area (Å²) < 4.78 is 10.0. The van der Waals surface area contributed by atoms with Gasteiger partial charge in [-0.1, -0.05) is 18.9 Å². The second-order valence-corrected chi connectivity index (χ2v) is 8.04. The number of ether oxygens (including phenoxy) is 2. The summed E-state index contributed by atoms with van der Waals surface area (Å²) in [5.41, 5.74) is -0.694. The monoisotopic (exact) mass is 398 g/mol. The van der Waals surface area contributed by atoms with E-state index in [9.17, 15) is 19.5 Å². The molecule has 3 atom stereocenters. The van der Waals surface area contributed by atoms with Crippen molar-refractivity contribution >= 4 is 18.0 Å². The lowest BCUT2D eigenvalue weighted by Crippen LogP contribution is -2.52. The number of alkyl carbamates (subject to hydrolysis) is 1. The third kappa shape index (κ3) is 7.88. The zero-order chi connectivity index (χ0) is 21.3. The Hall–Kier alpha value is -2.09. The molecule has 2 amide bonds. The molecule has 1 fully saturated rings. The predicted octanol–water partition coefficient (Wildman–Crippen LogP) is 2.15. The van der Waals surface area contributed by atoms with Crippen molar-refractivity contribution in [2.75, 3.05) is 13.7 Å². The quantitative estimate of drug-likeness (QED) is 0.350. The van der Waals surface area contributed by atoms with Crippen LogP contribution in [0.25, 0.3) is 0 Å². The Bertz CT molecular complexity index is 557. The summed E-state index contributed by atoms with van der Waals surface area (Å²) in [6.45, 7) is 8.93. The Kier molecular flexibility index (Phi) is 9.45. The molecular weight excluding hydrogens is 364 g/mol. The van der Waals surface area contributed by atoms with Gasteiger partial charge >= 0.3 is 12.1 Å². The molecular formula is C20H34N2O6. The highest BCUT2D eigenvalue weighted by Gasteiger charge is 2.42. The van der Waals surface area contributed by atoms with Crippen LogP contribution in [-0.4, -0.2) is 65.4 Å². The molecule has 8 nitrogen and oxygen atoms in total. The van der Waals surface area contributed by atoms with Gasteiger partial charge < -0.3 is 24.8 Å². The van der Waals surface area contributed by atoms with Crippen LogP contribution in [0.5, 0.6) is 0 Å². The average molecular weight is 399 g/mol. The molecule has 0 aromatic heterocycles. The van der Waals surface area contributed by atoms with Gasteiger partial charge in [-0.15, -0.1) is 6.58 Å². The first kappa shape index (κ1) is 23.9. The topological polar surface area (TPSA) is 105 Å².